The first kappa shape index (κ1) is 10.7. The predicted octanol–water partition coefficient (Wildman–Crippen LogP) is 0.335. The van der Waals surface area contributed by atoms with E-state index in [1.165, 1.54) is 0 Å². The van der Waals surface area contributed by atoms with Crippen LogP contribution in [0.2, 0.25) is 0 Å². The molecule has 0 spiro atoms. The molecule has 0 aliphatic heterocycles. The highest BCUT2D eigenvalue weighted by Gasteiger charge is 2.03. The summed E-state index contributed by atoms with van der Waals surface area (Å²) in [4.78, 5) is 10.2. The summed E-state index contributed by atoms with van der Waals surface area (Å²) in [6.07, 6.45) is 1.69. The lowest BCUT2D eigenvalue weighted by atomic mass is 10.4. The molecule has 1 heterocycles. The second-order valence-electron chi connectivity index (χ2n) is 3.36. The van der Waals surface area contributed by atoms with Gasteiger partial charge in [-0.3, -0.25) is 0 Å². The maximum Gasteiger partial charge on any atom is 0.224 e. The number of aromatic nitrogens is 2. The Kier molecular flexibility index (Phi) is 3.64. The number of aliphatic hydroxyl groups excluding tert-OH is 1. The fraction of sp³-hybridized carbons (Fsp3) is 0.556. The summed E-state index contributed by atoms with van der Waals surface area (Å²) in [5, 5.41) is 11.8. The molecule has 1 unspecified atom stereocenters. The quantitative estimate of drug-likeness (QED) is 0.727. The minimum atomic E-state index is -0.0348. The van der Waals surface area contributed by atoms with Crippen LogP contribution in [0.1, 0.15) is 6.92 Å². The zero-order valence-corrected chi connectivity index (χ0v) is 8.73. The maximum absolute atomic E-state index is 8.85. The molecule has 0 radical (unpaired) electrons. The molecule has 0 amide bonds. The van der Waals surface area contributed by atoms with Crippen molar-refractivity contribution in [2.45, 2.75) is 13.0 Å². The highest BCUT2D eigenvalue weighted by atomic mass is 16.3. The normalized spacial score (nSPS) is 12.3. The van der Waals surface area contributed by atoms with Crippen LogP contribution in [0.3, 0.4) is 0 Å². The average Bonchev–Trinajstić information content (AvgIpc) is 2.18. The van der Waals surface area contributed by atoms with Crippen molar-refractivity contribution < 1.29 is 5.11 Å². The number of nitrogens with one attached hydrogen (secondary N) is 1. The van der Waals surface area contributed by atoms with Gasteiger partial charge in [0.15, 0.2) is 0 Å². The minimum absolute atomic E-state index is 0.0348. The maximum atomic E-state index is 8.85. The molecule has 0 fully saturated rings. The zero-order valence-electron chi connectivity index (χ0n) is 8.73. The zero-order chi connectivity index (χ0) is 10.6. The Hall–Kier alpha value is -1.36. The van der Waals surface area contributed by atoms with Gasteiger partial charge in [-0.2, -0.15) is 4.98 Å². The Morgan fingerprint density at radius 1 is 1.57 bits per heavy atom. The molecular formula is C9H16N4O. The summed E-state index contributed by atoms with van der Waals surface area (Å²) in [6.45, 7) is 1.93. The second kappa shape index (κ2) is 4.76. The molecule has 1 rings (SSSR count). The third-order valence-electron chi connectivity index (χ3n) is 1.75. The molecule has 0 aromatic carbocycles. The van der Waals surface area contributed by atoms with Gasteiger partial charge in [-0.05, 0) is 13.0 Å². The van der Waals surface area contributed by atoms with Gasteiger partial charge in [0, 0.05) is 26.3 Å². The van der Waals surface area contributed by atoms with Crippen molar-refractivity contribution in [3.8, 4) is 0 Å². The summed E-state index contributed by atoms with van der Waals surface area (Å²) in [6, 6.07) is 1.79. The van der Waals surface area contributed by atoms with Gasteiger partial charge in [-0.15, -0.1) is 0 Å². The fourth-order valence-corrected chi connectivity index (χ4v) is 0.934. The van der Waals surface area contributed by atoms with Crippen LogP contribution < -0.4 is 10.2 Å². The topological polar surface area (TPSA) is 61.3 Å². The molecule has 5 heteroatoms. The van der Waals surface area contributed by atoms with Crippen molar-refractivity contribution in [1.29, 1.82) is 0 Å². The summed E-state index contributed by atoms with van der Waals surface area (Å²) in [5.41, 5.74) is 0. The number of hydrogen-bond acceptors (Lipinski definition) is 5. The Bertz CT molecular complexity index is 290. The number of nitrogens with zero attached hydrogens (tertiary/aromatic N) is 3. The van der Waals surface area contributed by atoms with Gasteiger partial charge in [-0.25, -0.2) is 4.98 Å². The van der Waals surface area contributed by atoms with Crippen LogP contribution in [-0.2, 0) is 0 Å². The van der Waals surface area contributed by atoms with E-state index in [0.717, 1.165) is 5.82 Å². The van der Waals surface area contributed by atoms with Gasteiger partial charge in [0.25, 0.3) is 0 Å². The van der Waals surface area contributed by atoms with Gasteiger partial charge in [0.1, 0.15) is 5.82 Å². The Morgan fingerprint density at radius 2 is 2.29 bits per heavy atom. The van der Waals surface area contributed by atoms with Crippen LogP contribution in [0.5, 0.6) is 0 Å². The molecule has 1 aromatic rings. The van der Waals surface area contributed by atoms with Gasteiger partial charge in [-0.1, -0.05) is 0 Å². The first-order valence-corrected chi connectivity index (χ1v) is 4.51. The van der Waals surface area contributed by atoms with E-state index < -0.39 is 0 Å². The molecule has 78 valence electrons. The molecular weight excluding hydrogens is 180 g/mol. The largest absolute Gasteiger partial charge is 0.394 e. The van der Waals surface area contributed by atoms with Crippen molar-refractivity contribution in [2.75, 3.05) is 30.9 Å². The van der Waals surface area contributed by atoms with Crippen LogP contribution in [-0.4, -0.2) is 41.8 Å². The predicted molar refractivity (Wildman–Crippen MR) is 56.5 cm³/mol. The van der Waals surface area contributed by atoms with E-state index in [1.54, 1.807) is 6.20 Å². The lowest BCUT2D eigenvalue weighted by molar-refractivity contribution is 0.281. The average molecular weight is 196 g/mol. The van der Waals surface area contributed by atoms with E-state index in [2.05, 4.69) is 15.3 Å². The van der Waals surface area contributed by atoms with E-state index in [4.69, 9.17) is 5.11 Å². The van der Waals surface area contributed by atoms with E-state index in [-0.39, 0.29) is 12.6 Å². The van der Waals surface area contributed by atoms with Crippen LogP contribution in [0.4, 0.5) is 11.8 Å². The minimum Gasteiger partial charge on any atom is -0.394 e. The molecule has 14 heavy (non-hydrogen) atoms. The summed E-state index contributed by atoms with van der Waals surface area (Å²) in [5.74, 6) is 1.38. The monoisotopic (exact) mass is 196 g/mol. The van der Waals surface area contributed by atoms with Gasteiger partial charge in [0.05, 0.1) is 6.61 Å². The Labute approximate surface area is 83.8 Å². The molecule has 0 saturated carbocycles. The van der Waals surface area contributed by atoms with Crippen molar-refractivity contribution in [3.63, 3.8) is 0 Å². The molecule has 2 N–H and O–H groups in total. The third kappa shape index (κ3) is 2.85. The van der Waals surface area contributed by atoms with Crippen molar-refractivity contribution in [1.82, 2.24) is 9.97 Å². The molecule has 0 bridgehead atoms. The van der Waals surface area contributed by atoms with E-state index in [0.29, 0.717) is 5.95 Å². The van der Waals surface area contributed by atoms with Crippen LogP contribution in [0.25, 0.3) is 0 Å². The fourth-order valence-electron chi connectivity index (χ4n) is 0.934. The Balaban J connectivity index is 2.73. The number of anilines is 2. The number of rotatable bonds is 4. The lowest BCUT2D eigenvalue weighted by Gasteiger charge is -2.14. The van der Waals surface area contributed by atoms with E-state index in [1.807, 2.05) is 32.0 Å². The Morgan fingerprint density at radius 3 is 2.86 bits per heavy atom. The van der Waals surface area contributed by atoms with Gasteiger partial charge in [0.2, 0.25) is 5.95 Å². The van der Waals surface area contributed by atoms with E-state index >= 15 is 0 Å². The molecule has 1 aromatic heterocycles. The number of aliphatic hydroxyl groups is 1. The van der Waals surface area contributed by atoms with Crippen molar-refractivity contribution in [2.24, 2.45) is 0 Å². The summed E-state index contributed by atoms with van der Waals surface area (Å²) >= 11 is 0. The smallest absolute Gasteiger partial charge is 0.224 e. The number of hydrogen-bond donors (Lipinski definition) is 2. The molecule has 1 atom stereocenters. The van der Waals surface area contributed by atoms with Crippen LogP contribution >= 0.6 is 0 Å². The van der Waals surface area contributed by atoms with Gasteiger partial charge >= 0.3 is 0 Å². The highest BCUT2D eigenvalue weighted by Crippen LogP contribution is 2.08. The molecule has 0 saturated heterocycles. The van der Waals surface area contributed by atoms with Gasteiger partial charge < -0.3 is 15.3 Å². The van der Waals surface area contributed by atoms with Crippen LogP contribution in [0.15, 0.2) is 12.3 Å². The van der Waals surface area contributed by atoms with Crippen LogP contribution in [0, 0.1) is 0 Å². The SMILES string of the molecule is CC(CO)Nc1nccc(N(C)C)n1. The molecule has 5 nitrogen and oxygen atoms in total. The first-order valence-electron chi connectivity index (χ1n) is 4.51. The first-order chi connectivity index (χ1) is 6.63. The standard InChI is InChI=1S/C9H16N4O/c1-7(6-14)11-9-10-5-4-8(12-9)13(2)3/h4-5,7,14H,6H2,1-3H3,(H,10,11,12). The summed E-state index contributed by atoms with van der Waals surface area (Å²) < 4.78 is 0. The molecule has 0 aliphatic carbocycles. The second-order valence-corrected chi connectivity index (χ2v) is 3.36. The summed E-state index contributed by atoms with van der Waals surface area (Å²) in [7, 11) is 3.84. The lowest BCUT2D eigenvalue weighted by Crippen LogP contribution is -2.21. The van der Waals surface area contributed by atoms with E-state index in [9.17, 15) is 0 Å². The third-order valence-corrected chi connectivity index (χ3v) is 1.75. The highest BCUT2D eigenvalue weighted by molar-refractivity contribution is 5.41. The van der Waals surface area contributed by atoms with Crippen molar-refractivity contribution in [3.05, 3.63) is 12.3 Å². The molecule has 0 aliphatic rings. The van der Waals surface area contributed by atoms with Crippen molar-refractivity contribution >= 4 is 11.8 Å².